The summed E-state index contributed by atoms with van der Waals surface area (Å²) in [4.78, 5) is 0. The van der Waals surface area contributed by atoms with Gasteiger partial charge in [0.15, 0.2) is 0 Å². The highest BCUT2D eigenvalue weighted by atomic mass is 79.9. The molecule has 1 N–H and O–H groups in total. The Morgan fingerprint density at radius 2 is 2.00 bits per heavy atom. The van der Waals surface area contributed by atoms with Crippen LogP contribution in [0.1, 0.15) is 44.1 Å². The van der Waals surface area contributed by atoms with Gasteiger partial charge in [0, 0.05) is 6.54 Å². The van der Waals surface area contributed by atoms with Crippen LogP contribution in [-0.4, -0.2) is 6.54 Å². The lowest BCUT2D eigenvalue weighted by Crippen LogP contribution is -2.19. The molecule has 0 amide bonds. The van der Waals surface area contributed by atoms with Crippen LogP contribution in [0.5, 0.6) is 0 Å². The van der Waals surface area contributed by atoms with Crippen molar-refractivity contribution in [3.63, 3.8) is 0 Å². The number of halogens is 2. The van der Waals surface area contributed by atoms with Gasteiger partial charge in [0.2, 0.25) is 0 Å². The molecular formula is C15H21BrFN. The van der Waals surface area contributed by atoms with Crippen molar-refractivity contribution < 1.29 is 4.39 Å². The molecule has 0 atom stereocenters. The summed E-state index contributed by atoms with van der Waals surface area (Å²) in [5.74, 6) is 0.729. The minimum atomic E-state index is -0.194. The second-order valence-corrected chi connectivity index (χ2v) is 6.07. The number of benzene rings is 1. The first-order valence-corrected chi connectivity index (χ1v) is 7.69. The fourth-order valence-electron chi connectivity index (χ4n) is 2.66. The van der Waals surface area contributed by atoms with E-state index in [2.05, 4.69) is 21.2 Å². The fraction of sp³-hybridized carbons (Fsp3) is 0.600. The third-order valence-corrected chi connectivity index (χ3v) is 4.37. The van der Waals surface area contributed by atoms with Crippen molar-refractivity contribution in [1.82, 2.24) is 5.32 Å². The molecule has 1 aliphatic rings. The van der Waals surface area contributed by atoms with Gasteiger partial charge in [-0.2, -0.15) is 0 Å². The SMILES string of the molecule is Fc1ccc(CNCCC2CCCCC2)cc1Br. The molecule has 2 rings (SSSR count). The van der Waals surface area contributed by atoms with Crippen LogP contribution in [0.2, 0.25) is 0 Å². The Labute approximate surface area is 117 Å². The highest BCUT2D eigenvalue weighted by molar-refractivity contribution is 9.10. The molecule has 0 unspecified atom stereocenters. The van der Waals surface area contributed by atoms with Crippen LogP contribution >= 0.6 is 15.9 Å². The normalized spacial score (nSPS) is 17.0. The van der Waals surface area contributed by atoms with Crippen LogP contribution in [0.25, 0.3) is 0 Å². The number of rotatable bonds is 5. The van der Waals surface area contributed by atoms with E-state index in [4.69, 9.17) is 0 Å². The first kappa shape index (κ1) is 14.0. The summed E-state index contributed by atoms with van der Waals surface area (Å²) in [6, 6.07) is 5.21. The van der Waals surface area contributed by atoms with Crippen LogP contribution in [-0.2, 0) is 6.54 Å². The Bertz CT molecular complexity index is 375. The molecular weight excluding hydrogens is 293 g/mol. The Balaban J connectivity index is 1.66. The molecule has 1 aromatic carbocycles. The molecule has 0 saturated heterocycles. The monoisotopic (exact) mass is 313 g/mol. The number of hydrogen-bond donors (Lipinski definition) is 1. The maximum atomic E-state index is 13.1. The highest BCUT2D eigenvalue weighted by Crippen LogP contribution is 2.25. The zero-order valence-electron chi connectivity index (χ0n) is 10.7. The van der Waals surface area contributed by atoms with E-state index in [1.807, 2.05) is 12.1 Å². The van der Waals surface area contributed by atoms with E-state index in [1.165, 1.54) is 44.6 Å². The van der Waals surface area contributed by atoms with Crippen LogP contribution in [0, 0.1) is 11.7 Å². The van der Waals surface area contributed by atoms with Crippen molar-refractivity contribution in [2.75, 3.05) is 6.54 Å². The Morgan fingerprint density at radius 1 is 1.22 bits per heavy atom. The lowest BCUT2D eigenvalue weighted by molar-refractivity contribution is 0.334. The molecule has 0 radical (unpaired) electrons. The molecule has 0 aliphatic heterocycles. The van der Waals surface area contributed by atoms with Crippen LogP contribution in [0.3, 0.4) is 0 Å². The van der Waals surface area contributed by atoms with Gasteiger partial charge in [0.1, 0.15) is 5.82 Å². The first-order chi connectivity index (χ1) is 8.75. The second-order valence-electron chi connectivity index (χ2n) is 5.22. The molecule has 0 bridgehead atoms. The molecule has 100 valence electrons. The van der Waals surface area contributed by atoms with Crippen molar-refractivity contribution in [3.8, 4) is 0 Å². The van der Waals surface area contributed by atoms with Crippen molar-refractivity contribution in [2.45, 2.75) is 45.1 Å². The smallest absolute Gasteiger partial charge is 0.137 e. The van der Waals surface area contributed by atoms with Crippen molar-refractivity contribution in [1.29, 1.82) is 0 Å². The van der Waals surface area contributed by atoms with Crippen molar-refractivity contribution >= 4 is 15.9 Å². The van der Waals surface area contributed by atoms with Gasteiger partial charge in [-0.3, -0.25) is 0 Å². The van der Waals surface area contributed by atoms with Crippen LogP contribution in [0.4, 0.5) is 4.39 Å². The summed E-state index contributed by atoms with van der Waals surface area (Å²) in [5.41, 5.74) is 1.13. The summed E-state index contributed by atoms with van der Waals surface area (Å²) >= 11 is 3.21. The first-order valence-electron chi connectivity index (χ1n) is 6.90. The quantitative estimate of drug-likeness (QED) is 0.780. The lowest BCUT2D eigenvalue weighted by atomic mass is 9.87. The molecule has 3 heteroatoms. The Hall–Kier alpha value is -0.410. The van der Waals surface area contributed by atoms with Gasteiger partial charge in [-0.25, -0.2) is 4.39 Å². The highest BCUT2D eigenvalue weighted by Gasteiger charge is 2.12. The average Bonchev–Trinajstić information content (AvgIpc) is 2.40. The van der Waals surface area contributed by atoms with Gasteiger partial charge in [-0.15, -0.1) is 0 Å². The van der Waals surface area contributed by atoms with E-state index < -0.39 is 0 Å². The minimum Gasteiger partial charge on any atom is -0.313 e. The van der Waals surface area contributed by atoms with Gasteiger partial charge in [0.05, 0.1) is 4.47 Å². The zero-order chi connectivity index (χ0) is 12.8. The molecule has 1 nitrogen and oxygen atoms in total. The van der Waals surface area contributed by atoms with E-state index in [-0.39, 0.29) is 5.82 Å². The molecule has 0 spiro atoms. The van der Waals surface area contributed by atoms with Gasteiger partial charge in [0.25, 0.3) is 0 Å². The molecule has 0 aromatic heterocycles. The summed E-state index contributed by atoms with van der Waals surface area (Å²) in [6.45, 7) is 1.89. The zero-order valence-corrected chi connectivity index (χ0v) is 12.3. The molecule has 1 fully saturated rings. The molecule has 1 aliphatic carbocycles. The van der Waals surface area contributed by atoms with Gasteiger partial charge in [-0.1, -0.05) is 38.2 Å². The summed E-state index contributed by atoms with van der Waals surface area (Å²) < 4.78 is 13.6. The van der Waals surface area contributed by atoms with E-state index in [9.17, 15) is 4.39 Å². The lowest BCUT2D eigenvalue weighted by Gasteiger charge is -2.21. The maximum Gasteiger partial charge on any atom is 0.137 e. The van der Waals surface area contributed by atoms with E-state index >= 15 is 0 Å². The number of hydrogen-bond acceptors (Lipinski definition) is 1. The third kappa shape index (κ3) is 4.36. The fourth-order valence-corrected chi connectivity index (χ4v) is 3.09. The average molecular weight is 314 g/mol. The predicted molar refractivity (Wildman–Crippen MR) is 77.0 cm³/mol. The maximum absolute atomic E-state index is 13.1. The summed E-state index contributed by atoms with van der Waals surface area (Å²) in [7, 11) is 0. The van der Waals surface area contributed by atoms with Gasteiger partial charge >= 0.3 is 0 Å². The summed E-state index contributed by atoms with van der Waals surface area (Å²) in [6.07, 6.45) is 8.34. The topological polar surface area (TPSA) is 12.0 Å². The van der Waals surface area contributed by atoms with Crippen molar-refractivity contribution in [3.05, 3.63) is 34.1 Å². The molecule has 1 aromatic rings. The van der Waals surface area contributed by atoms with Crippen LogP contribution < -0.4 is 5.32 Å². The standard InChI is InChI=1S/C15H21BrFN/c16-14-10-13(6-7-15(14)17)11-18-9-8-12-4-2-1-3-5-12/h6-7,10,12,18H,1-5,8-9,11H2. The Morgan fingerprint density at radius 3 is 2.72 bits per heavy atom. The predicted octanol–water partition coefficient (Wildman–Crippen LogP) is 4.65. The number of nitrogens with one attached hydrogen (secondary N) is 1. The Kier molecular flexibility index (Phi) is 5.64. The minimum absolute atomic E-state index is 0.194. The molecule has 1 saturated carbocycles. The van der Waals surface area contributed by atoms with E-state index in [1.54, 1.807) is 0 Å². The molecule has 18 heavy (non-hydrogen) atoms. The van der Waals surface area contributed by atoms with E-state index in [0.29, 0.717) is 4.47 Å². The van der Waals surface area contributed by atoms with Crippen molar-refractivity contribution in [2.24, 2.45) is 5.92 Å². The van der Waals surface area contributed by atoms with Gasteiger partial charge < -0.3 is 5.32 Å². The third-order valence-electron chi connectivity index (χ3n) is 3.77. The van der Waals surface area contributed by atoms with Gasteiger partial charge in [-0.05, 0) is 52.5 Å². The van der Waals surface area contributed by atoms with E-state index in [0.717, 1.165) is 24.6 Å². The molecule has 0 heterocycles. The second kappa shape index (κ2) is 7.25. The van der Waals surface area contributed by atoms with Crippen LogP contribution in [0.15, 0.2) is 22.7 Å². The summed E-state index contributed by atoms with van der Waals surface area (Å²) in [5, 5.41) is 3.45. The largest absolute Gasteiger partial charge is 0.313 e.